The molecule has 2 saturated carbocycles. The normalized spacial score (nSPS) is 25.6. The topological polar surface area (TPSA) is 93.3 Å². The lowest BCUT2D eigenvalue weighted by Gasteiger charge is -2.52. The smallest absolute Gasteiger partial charge is 0.277 e. The van der Waals surface area contributed by atoms with Crippen molar-refractivity contribution in [2.75, 3.05) is 19.3 Å². The zero-order chi connectivity index (χ0) is 25.5. The van der Waals surface area contributed by atoms with Crippen LogP contribution >= 0.6 is 11.8 Å². The second kappa shape index (κ2) is 10.1. The maximum atomic E-state index is 13.5. The van der Waals surface area contributed by atoms with Crippen LogP contribution in [0.2, 0.25) is 0 Å². The number of likely N-dealkylation sites (tertiary alicyclic amines) is 1. The fraction of sp³-hybridized carbons (Fsp3) is 0.778. The summed E-state index contributed by atoms with van der Waals surface area (Å²) in [5.41, 5.74) is -1.000. The minimum atomic E-state index is -1.05. The summed E-state index contributed by atoms with van der Waals surface area (Å²) in [6, 6.07) is 0. The lowest BCUT2D eigenvalue weighted by Crippen LogP contribution is -2.62. The average Bonchev–Trinajstić information content (AvgIpc) is 3.45. The van der Waals surface area contributed by atoms with E-state index in [1.54, 1.807) is 15.6 Å². The fourth-order valence-electron chi connectivity index (χ4n) is 7.29. The predicted molar refractivity (Wildman–Crippen MR) is 142 cm³/mol. The van der Waals surface area contributed by atoms with Gasteiger partial charge in [-0.3, -0.25) is 14.3 Å². The molecule has 1 saturated heterocycles. The number of aliphatic hydroxyl groups is 1. The Labute approximate surface area is 217 Å². The summed E-state index contributed by atoms with van der Waals surface area (Å²) < 4.78 is 3.40. The van der Waals surface area contributed by atoms with Crippen LogP contribution in [0.25, 0.3) is 11.0 Å². The SMILES string of the molecule is CSc1ncc2c(=O)n(CC3(O)CCN(C(=O)[C@H](C)CC4CCCCC4)CC34CCCC4)n(C)c2n1. The summed E-state index contributed by atoms with van der Waals surface area (Å²) in [4.78, 5) is 37.7. The number of rotatable bonds is 6. The van der Waals surface area contributed by atoms with Gasteiger partial charge in [-0.25, -0.2) is 14.6 Å². The minimum Gasteiger partial charge on any atom is -0.387 e. The molecule has 0 radical (unpaired) electrons. The Balaban J connectivity index is 1.37. The first-order valence-corrected chi connectivity index (χ1v) is 15.0. The number of fused-ring (bicyclic) bond motifs is 1. The van der Waals surface area contributed by atoms with Gasteiger partial charge in [0.25, 0.3) is 5.56 Å². The van der Waals surface area contributed by atoms with Gasteiger partial charge in [-0.05, 0) is 37.9 Å². The van der Waals surface area contributed by atoms with Crippen LogP contribution in [0.3, 0.4) is 0 Å². The van der Waals surface area contributed by atoms with Gasteiger partial charge in [0, 0.05) is 37.7 Å². The van der Waals surface area contributed by atoms with E-state index in [1.807, 2.05) is 18.2 Å². The Hall–Kier alpha value is -1.87. The minimum absolute atomic E-state index is 0.0303. The van der Waals surface area contributed by atoms with Crippen molar-refractivity contribution in [3.05, 3.63) is 16.6 Å². The Morgan fingerprint density at radius 1 is 1.19 bits per heavy atom. The lowest BCUT2D eigenvalue weighted by atomic mass is 9.65. The summed E-state index contributed by atoms with van der Waals surface area (Å²) in [6.45, 7) is 3.44. The molecule has 2 atom stereocenters. The van der Waals surface area contributed by atoms with Gasteiger partial charge in [-0.15, -0.1) is 0 Å². The molecule has 198 valence electrons. The van der Waals surface area contributed by atoms with Crippen molar-refractivity contribution in [2.45, 2.75) is 94.9 Å². The highest BCUT2D eigenvalue weighted by Gasteiger charge is 2.56. The van der Waals surface area contributed by atoms with Crippen LogP contribution in [0.5, 0.6) is 0 Å². The standard InChI is InChI=1S/C27H41N5O3S/c1-19(15-20-9-5-4-6-10-20)23(33)31-14-13-27(35,26(17-31)11-7-8-12-26)18-32-24(34)21-16-28-25(36-3)29-22(21)30(32)2/h16,19-20,35H,4-15,17-18H2,1-3H3/t19-,27?/m1/s1. The second-order valence-corrected chi connectivity index (χ2v) is 12.4. The zero-order valence-electron chi connectivity index (χ0n) is 22.0. The van der Waals surface area contributed by atoms with Crippen molar-refractivity contribution in [1.82, 2.24) is 24.2 Å². The predicted octanol–water partition coefficient (Wildman–Crippen LogP) is 3.98. The fourth-order valence-corrected chi connectivity index (χ4v) is 7.63. The molecule has 1 aliphatic heterocycles. The molecule has 1 N–H and O–H groups in total. The number of aryl methyl sites for hydroxylation is 1. The van der Waals surface area contributed by atoms with Crippen molar-refractivity contribution < 1.29 is 9.90 Å². The van der Waals surface area contributed by atoms with Gasteiger partial charge >= 0.3 is 0 Å². The highest BCUT2D eigenvalue weighted by Crippen LogP contribution is 2.52. The Kier molecular flexibility index (Phi) is 7.24. The number of carbonyl (C=O) groups excluding carboxylic acids is 1. The number of hydrogen-bond donors (Lipinski definition) is 1. The molecular weight excluding hydrogens is 474 g/mol. The summed E-state index contributed by atoms with van der Waals surface area (Å²) in [6.07, 6.45) is 15.3. The van der Waals surface area contributed by atoms with Crippen LogP contribution in [0.4, 0.5) is 0 Å². The molecule has 9 heteroatoms. The number of hydrogen-bond acceptors (Lipinski definition) is 6. The Bertz CT molecular complexity index is 1160. The molecule has 3 fully saturated rings. The molecule has 5 rings (SSSR count). The van der Waals surface area contributed by atoms with Crippen LogP contribution < -0.4 is 5.56 Å². The lowest BCUT2D eigenvalue weighted by molar-refractivity contribution is -0.164. The first-order valence-electron chi connectivity index (χ1n) is 13.7. The monoisotopic (exact) mass is 515 g/mol. The number of piperidine rings is 1. The molecule has 0 aromatic carbocycles. The van der Waals surface area contributed by atoms with Crippen molar-refractivity contribution in [2.24, 2.45) is 24.3 Å². The summed E-state index contributed by atoms with van der Waals surface area (Å²) in [7, 11) is 1.83. The van der Waals surface area contributed by atoms with E-state index in [9.17, 15) is 14.7 Å². The van der Waals surface area contributed by atoms with E-state index >= 15 is 0 Å². The van der Waals surface area contributed by atoms with Crippen LogP contribution in [-0.4, -0.2) is 60.2 Å². The second-order valence-electron chi connectivity index (χ2n) is 11.6. The first-order chi connectivity index (χ1) is 17.3. The highest BCUT2D eigenvalue weighted by atomic mass is 32.2. The third-order valence-corrected chi connectivity index (χ3v) is 10.0. The van der Waals surface area contributed by atoms with E-state index < -0.39 is 5.60 Å². The van der Waals surface area contributed by atoms with Crippen LogP contribution in [0.1, 0.15) is 77.6 Å². The summed E-state index contributed by atoms with van der Waals surface area (Å²) >= 11 is 1.44. The molecule has 2 aromatic rings. The van der Waals surface area contributed by atoms with Crippen LogP contribution in [0.15, 0.2) is 16.1 Å². The van der Waals surface area contributed by atoms with Gasteiger partial charge in [-0.1, -0.05) is 63.6 Å². The van der Waals surface area contributed by atoms with Gasteiger partial charge in [0.2, 0.25) is 5.91 Å². The van der Waals surface area contributed by atoms with Crippen molar-refractivity contribution in [3.63, 3.8) is 0 Å². The molecule has 1 amide bonds. The van der Waals surface area contributed by atoms with Gasteiger partial charge in [-0.2, -0.15) is 0 Å². The summed E-state index contributed by atoms with van der Waals surface area (Å²) in [5.74, 6) is 0.950. The van der Waals surface area contributed by atoms with E-state index in [1.165, 1.54) is 43.9 Å². The van der Waals surface area contributed by atoms with Crippen molar-refractivity contribution >= 4 is 28.7 Å². The molecule has 1 unspecified atom stereocenters. The number of carbonyl (C=O) groups is 1. The maximum absolute atomic E-state index is 13.5. The van der Waals surface area contributed by atoms with E-state index in [-0.39, 0.29) is 29.3 Å². The highest BCUT2D eigenvalue weighted by molar-refractivity contribution is 7.98. The first kappa shape index (κ1) is 25.8. The van der Waals surface area contributed by atoms with Crippen molar-refractivity contribution in [1.29, 1.82) is 0 Å². The Morgan fingerprint density at radius 2 is 1.92 bits per heavy atom. The quantitative estimate of drug-likeness (QED) is 0.462. The molecule has 0 bridgehead atoms. The van der Waals surface area contributed by atoms with E-state index in [4.69, 9.17) is 0 Å². The molecule has 3 aliphatic rings. The van der Waals surface area contributed by atoms with Crippen LogP contribution in [-0.2, 0) is 18.4 Å². The van der Waals surface area contributed by atoms with Crippen LogP contribution in [0, 0.1) is 17.3 Å². The van der Waals surface area contributed by atoms with Gasteiger partial charge in [0.05, 0.1) is 12.1 Å². The van der Waals surface area contributed by atoms with Crippen molar-refractivity contribution in [3.8, 4) is 0 Å². The van der Waals surface area contributed by atoms with E-state index in [0.717, 1.165) is 32.1 Å². The molecule has 8 nitrogen and oxygen atoms in total. The zero-order valence-corrected chi connectivity index (χ0v) is 22.9. The molecule has 2 aromatic heterocycles. The number of thioether (sulfide) groups is 1. The van der Waals surface area contributed by atoms with Gasteiger partial charge < -0.3 is 10.0 Å². The molecule has 1 spiro atoms. The largest absolute Gasteiger partial charge is 0.387 e. The molecule has 3 heterocycles. The average molecular weight is 516 g/mol. The third kappa shape index (κ3) is 4.51. The third-order valence-electron chi connectivity index (χ3n) is 9.46. The van der Waals surface area contributed by atoms with E-state index in [2.05, 4.69) is 16.9 Å². The van der Waals surface area contributed by atoms with E-state index in [0.29, 0.717) is 41.6 Å². The maximum Gasteiger partial charge on any atom is 0.277 e. The van der Waals surface area contributed by atoms with Gasteiger partial charge in [0.15, 0.2) is 10.8 Å². The molecule has 36 heavy (non-hydrogen) atoms. The number of nitrogens with zero attached hydrogens (tertiary/aromatic N) is 5. The van der Waals surface area contributed by atoms with Gasteiger partial charge in [0.1, 0.15) is 5.39 Å². The molecular formula is C27H41N5O3S. The number of amides is 1. The Morgan fingerprint density at radius 3 is 2.61 bits per heavy atom. The summed E-state index contributed by atoms with van der Waals surface area (Å²) in [5, 5.41) is 13.3. The number of aromatic nitrogens is 4. The molecule has 2 aliphatic carbocycles.